The number of benzene rings is 2. The van der Waals surface area contributed by atoms with Crippen LogP contribution in [0.25, 0.3) is 10.1 Å². The third-order valence-corrected chi connectivity index (χ3v) is 6.04. The average molecular weight is 397 g/mol. The van der Waals surface area contributed by atoms with Crippen LogP contribution in [0.5, 0.6) is 0 Å². The van der Waals surface area contributed by atoms with Crippen molar-refractivity contribution in [1.82, 2.24) is 5.32 Å². The molecule has 1 unspecified atom stereocenters. The van der Waals surface area contributed by atoms with Crippen molar-refractivity contribution in [3.63, 3.8) is 0 Å². The number of fused-ring (bicyclic) bond motifs is 1. The highest BCUT2D eigenvalue weighted by atomic mass is 32.1. The molecule has 6 heteroatoms. The Bertz CT molecular complexity index is 997. The van der Waals surface area contributed by atoms with Crippen LogP contribution in [0, 0.1) is 20.8 Å². The van der Waals surface area contributed by atoms with Crippen LogP contribution in [0.15, 0.2) is 42.5 Å². The maximum Gasteiger partial charge on any atom is 0.313 e. The smallest absolute Gasteiger partial charge is 0.313 e. The number of carbonyl (C=O) groups is 2. The topological polar surface area (TPSA) is 78.4 Å². The van der Waals surface area contributed by atoms with E-state index in [1.165, 1.54) is 11.3 Å². The SMILES string of the molecule is Cc1cc(C)c(NC(=O)C(=O)NCC(C)(O)c2cc3ccccc3s2)c(C)c1. The Kier molecular flexibility index (Phi) is 5.54. The van der Waals surface area contributed by atoms with Gasteiger partial charge in [-0.05, 0) is 56.3 Å². The first-order valence-electron chi connectivity index (χ1n) is 9.06. The van der Waals surface area contributed by atoms with Crippen molar-refractivity contribution in [1.29, 1.82) is 0 Å². The van der Waals surface area contributed by atoms with Gasteiger partial charge in [0.05, 0.1) is 6.54 Å². The predicted molar refractivity (Wildman–Crippen MR) is 114 cm³/mol. The summed E-state index contributed by atoms with van der Waals surface area (Å²) in [6.07, 6.45) is 0. The second-order valence-electron chi connectivity index (χ2n) is 7.33. The van der Waals surface area contributed by atoms with E-state index in [1.54, 1.807) is 6.92 Å². The number of aryl methyl sites for hydroxylation is 3. The fraction of sp³-hybridized carbons (Fsp3) is 0.273. The second-order valence-corrected chi connectivity index (χ2v) is 8.42. The van der Waals surface area contributed by atoms with E-state index in [2.05, 4.69) is 10.6 Å². The van der Waals surface area contributed by atoms with Crippen molar-refractivity contribution >= 4 is 38.9 Å². The summed E-state index contributed by atoms with van der Waals surface area (Å²) in [5.41, 5.74) is 2.26. The number of aliphatic hydroxyl groups is 1. The zero-order valence-corrected chi connectivity index (χ0v) is 17.2. The number of amides is 2. The first kappa shape index (κ1) is 20.0. The molecule has 0 bridgehead atoms. The lowest BCUT2D eigenvalue weighted by molar-refractivity contribution is -0.136. The Morgan fingerprint density at radius 3 is 2.32 bits per heavy atom. The average Bonchev–Trinajstić information content (AvgIpc) is 3.07. The molecule has 0 aliphatic heterocycles. The van der Waals surface area contributed by atoms with Gasteiger partial charge in [0.25, 0.3) is 0 Å². The first-order chi connectivity index (χ1) is 13.2. The number of rotatable bonds is 4. The molecule has 28 heavy (non-hydrogen) atoms. The van der Waals surface area contributed by atoms with Crippen molar-refractivity contribution in [2.75, 3.05) is 11.9 Å². The van der Waals surface area contributed by atoms with Crippen LogP contribution in [0.4, 0.5) is 5.69 Å². The number of carbonyl (C=O) groups excluding carboxylic acids is 2. The van der Waals surface area contributed by atoms with Crippen LogP contribution < -0.4 is 10.6 Å². The fourth-order valence-electron chi connectivity index (χ4n) is 3.21. The molecule has 0 saturated heterocycles. The number of hydrogen-bond acceptors (Lipinski definition) is 4. The van der Waals surface area contributed by atoms with E-state index in [-0.39, 0.29) is 6.54 Å². The molecule has 0 aliphatic carbocycles. The second kappa shape index (κ2) is 7.73. The van der Waals surface area contributed by atoms with Crippen molar-refractivity contribution in [2.45, 2.75) is 33.3 Å². The lowest BCUT2D eigenvalue weighted by Crippen LogP contribution is -2.43. The van der Waals surface area contributed by atoms with Crippen LogP contribution in [0.2, 0.25) is 0 Å². The molecule has 1 aromatic heterocycles. The molecule has 146 valence electrons. The lowest BCUT2D eigenvalue weighted by Gasteiger charge is -2.22. The molecule has 5 nitrogen and oxygen atoms in total. The van der Waals surface area contributed by atoms with Gasteiger partial charge in [-0.2, -0.15) is 0 Å². The lowest BCUT2D eigenvalue weighted by atomic mass is 10.0. The standard InChI is InChI=1S/C22H24N2O3S/c1-13-9-14(2)19(15(3)10-13)24-21(26)20(25)23-12-22(4,27)18-11-16-7-5-6-8-17(16)28-18/h5-11,27H,12H2,1-4H3,(H,23,25)(H,24,26). The number of anilines is 1. The highest BCUT2D eigenvalue weighted by molar-refractivity contribution is 7.19. The van der Waals surface area contributed by atoms with E-state index in [4.69, 9.17) is 0 Å². The van der Waals surface area contributed by atoms with E-state index in [0.29, 0.717) is 5.69 Å². The summed E-state index contributed by atoms with van der Waals surface area (Å²) in [5.74, 6) is -1.53. The van der Waals surface area contributed by atoms with Crippen molar-refractivity contribution in [2.24, 2.45) is 0 Å². The monoisotopic (exact) mass is 396 g/mol. The summed E-state index contributed by atoms with van der Waals surface area (Å²) in [6.45, 7) is 7.33. The van der Waals surface area contributed by atoms with Crippen LogP contribution in [0.3, 0.4) is 0 Å². The largest absolute Gasteiger partial charge is 0.383 e. The van der Waals surface area contributed by atoms with Crippen LogP contribution >= 0.6 is 11.3 Å². The minimum atomic E-state index is -1.27. The molecule has 0 spiro atoms. The minimum Gasteiger partial charge on any atom is -0.383 e. The van der Waals surface area contributed by atoms with Gasteiger partial charge in [0.1, 0.15) is 5.60 Å². The quantitative estimate of drug-likeness (QED) is 0.587. The van der Waals surface area contributed by atoms with Gasteiger partial charge in [-0.25, -0.2) is 0 Å². The highest BCUT2D eigenvalue weighted by Crippen LogP contribution is 2.32. The fourth-order valence-corrected chi connectivity index (χ4v) is 4.32. The molecule has 1 heterocycles. The van der Waals surface area contributed by atoms with Crippen LogP contribution in [0.1, 0.15) is 28.5 Å². The van der Waals surface area contributed by atoms with Gasteiger partial charge in [0.2, 0.25) is 0 Å². The van der Waals surface area contributed by atoms with Gasteiger partial charge >= 0.3 is 11.8 Å². The highest BCUT2D eigenvalue weighted by Gasteiger charge is 2.27. The van der Waals surface area contributed by atoms with Crippen LogP contribution in [-0.2, 0) is 15.2 Å². The molecule has 3 aromatic rings. The van der Waals surface area contributed by atoms with E-state index < -0.39 is 17.4 Å². The summed E-state index contributed by atoms with van der Waals surface area (Å²) in [7, 11) is 0. The van der Waals surface area contributed by atoms with Crippen molar-refractivity contribution < 1.29 is 14.7 Å². The van der Waals surface area contributed by atoms with Gasteiger partial charge in [-0.1, -0.05) is 35.9 Å². The van der Waals surface area contributed by atoms with Gasteiger partial charge in [-0.3, -0.25) is 9.59 Å². The van der Waals surface area contributed by atoms with Gasteiger partial charge < -0.3 is 15.7 Å². The molecule has 0 aliphatic rings. The summed E-state index contributed by atoms with van der Waals surface area (Å²) >= 11 is 1.47. The summed E-state index contributed by atoms with van der Waals surface area (Å²) < 4.78 is 1.06. The molecular weight excluding hydrogens is 372 g/mol. The Hall–Kier alpha value is -2.70. The van der Waals surface area contributed by atoms with E-state index in [1.807, 2.05) is 63.2 Å². The summed E-state index contributed by atoms with van der Waals surface area (Å²) in [5, 5.41) is 17.0. The maximum atomic E-state index is 12.3. The number of hydrogen-bond donors (Lipinski definition) is 3. The Labute approximate surface area is 168 Å². The van der Waals surface area contributed by atoms with E-state index in [0.717, 1.165) is 31.7 Å². The zero-order chi connectivity index (χ0) is 20.5. The summed E-state index contributed by atoms with van der Waals surface area (Å²) in [4.78, 5) is 25.3. The van der Waals surface area contributed by atoms with E-state index in [9.17, 15) is 14.7 Å². The molecule has 2 aromatic carbocycles. The molecule has 0 radical (unpaired) electrons. The van der Waals surface area contributed by atoms with Gasteiger partial charge in [0.15, 0.2) is 0 Å². The third kappa shape index (κ3) is 4.24. The molecular formula is C22H24N2O3S. The molecule has 1 atom stereocenters. The third-order valence-electron chi connectivity index (χ3n) is 4.67. The molecule has 3 rings (SSSR count). The van der Waals surface area contributed by atoms with E-state index >= 15 is 0 Å². The Morgan fingerprint density at radius 2 is 1.68 bits per heavy atom. The number of nitrogens with one attached hydrogen (secondary N) is 2. The maximum absolute atomic E-state index is 12.3. The minimum absolute atomic E-state index is 0.0576. The zero-order valence-electron chi connectivity index (χ0n) is 16.4. The van der Waals surface area contributed by atoms with Crippen molar-refractivity contribution in [3.05, 3.63) is 64.0 Å². The first-order valence-corrected chi connectivity index (χ1v) is 9.87. The van der Waals surface area contributed by atoms with Gasteiger partial charge in [0, 0.05) is 15.3 Å². The Morgan fingerprint density at radius 1 is 1.04 bits per heavy atom. The molecule has 3 N–H and O–H groups in total. The van der Waals surface area contributed by atoms with Crippen molar-refractivity contribution in [3.8, 4) is 0 Å². The Balaban J connectivity index is 1.66. The molecule has 0 fully saturated rings. The van der Waals surface area contributed by atoms with Gasteiger partial charge in [-0.15, -0.1) is 11.3 Å². The summed E-state index contributed by atoms with van der Waals surface area (Å²) in [6, 6.07) is 13.7. The normalized spacial score (nSPS) is 13.2. The molecule has 2 amide bonds. The molecule has 0 saturated carbocycles. The van der Waals surface area contributed by atoms with Crippen LogP contribution in [-0.4, -0.2) is 23.5 Å². The predicted octanol–water partition coefficient (Wildman–Crippen LogP) is 3.79. The number of thiophene rings is 1.